The topological polar surface area (TPSA) is 46.5 Å². The Labute approximate surface area is 48.3 Å². The van der Waals surface area contributed by atoms with Gasteiger partial charge in [-0.1, -0.05) is 13.3 Å². The van der Waals surface area contributed by atoms with Crippen LogP contribution in [0.5, 0.6) is 0 Å². The maximum absolute atomic E-state index is 9.51. The summed E-state index contributed by atoms with van der Waals surface area (Å²) >= 11 is 0. The fourth-order valence-electron chi connectivity index (χ4n) is 0.379. The average Bonchev–Trinajstić information content (AvgIpc) is 1.68. The summed E-state index contributed by atoms with van der Waals surface area (Å²) in [7, 11) is 0. The highest BCUT2D eigenvalue weighted by Gasteiger charge is 1.98. The molecule has 0 spiro atoms. The summed E-state index contributed by atoms with van der Waals surface area (Å²) < 4.78 is 4.16. The molecular weight excluding hydrogens is 108 g/mol. The summed E-state index contributed by atoms with van der Waals surface area (Å²) in [6, 6.07) is 0. The van der Waals surface area contributed by atoms with E-state index in [2.05, 4.69) is 4.74 Å². The molecule has 0 amide bonds. The number of carbonyl (C=O) groups excluding carboxylic acids is 1. The Kier molecular flexibility index (Phi) is 4.26. The molecule has 0 aromatic heterocycles. The van der Waals surface area contributed by atoms with Crippen molar-refractivity contribution in [2.75, 3.05) is 0 Å². The van der Waals surface area contributed by atoms with Gasteiger partial charge >= 0.3 is 0 Å². The van der Waals surface area contributed by atoms with Crippen molar-refractivity contribution < 1.29 is 14.6 Å². The van der Waals surface area contributed by atoms with Crippen LogP contribution in [0.25, 0.3) is 0 Å². The first kappa shape index (κ1) is 7.43. The van der Waals surface area contributed by atoms with Gasteiger partial charge in [-0.3, -0.25) is 4.79 Å². The van der Waals surface area contributed by atoms with E-state index in [1.807, 2.05) is 6.92 Å². The highest BCUT2D eigenvalue weighted by molar-refractivity contribution is 5.37. The second-order valence-corrected chi connectivity index (χ2v) is 1.48. The normalized spacial score (nSPS) is 12.8. The Hall–Kier alpha value is -0.570. The first-order valence-corrected chi connectivity index (χ1v) is 2.58. The van der Waals surface area contributed by atoms with E-state index in [0.717, 1.165) is 6.42 Å². The average molecular weight is 118 g/mol. The van der Waals surface area contributed by atoms with Crippen LogP contribution in [0, 0.1) is 0 Å². The summed E-state index contributed by atoms with van der Waals surface area (Å²) in [6.45, 7) is 2.15. The van der Waals surface area contributed by atoms with Crippen LogP contribution < -0.4 is 0 Å². The third-order valence-corrected chi connectivity index (χ3v) is 0.748. The van der Waals surface area contributed by atoms with Gasteiger partial charge in [0.25, 0.3) is 6.47 Å². The summed E-state index contributed by atoms with van der Waals surface area (Å²) in [6.07, 6.45) is 0.422. The van der Waals surface area contributed by atoms with E-state index < -0.39 is 6.29 Å². The second-order valence-electron chi connectivity index (χ2n) is 1.48. The van der Waals surface area contributed by atoms with Crippen molar-refractivity contribution in [3.63, 3.8) is 0 Å². The van der Waals surface area contributed by atoms with Crippen molar-refractivity contribution in [3.05, 3.63) is 0 Å². The SMILES string of the molecule is CCCC(O)OC=O. The van der Waals surface area contributed by atoms with E-state index in [1.165, 1.54) is 0 Å². The molecule has 0 rings (SSSR count). The highest BCUT2D eigenvalue weighted by Crippen LogP contribution is 1.94. The molecule has 8 heavy (non-hydrogen) atoms. The lowest BCUT2D eigenvalue weighted by molar-refractivity contribution is -0.152. The smallest absolute Gasteiger partial charge is 0.295 e. The van der Waals surface area contributed by atoms with Gasteiger partial charge in [-0.15, -0.1) is 0 Å². The predicted molar refractivity (Wildman–Crippen MR) is 28.1 cm³/mol. The first-order valence-electron chi connectivity index (χ1n) is 2.58. The number of aliphatic hydroxyl groups is 1. The minimum Gasteiger partial charge on any atom is -0.438 e. The molecule has 0 aliphatic rings. The maximum Gasteiger partial charge on any atom is 0.295 e. The molecule has 48 valence electrons. The van der Waals surface area contributed by atoms with Gasteiger partial charge in [-0.2, -0.15) is 0 Å². The summed E-state index contributed by atoms with van der Waals surface area (Å²) in [5.74, 6) is 0. The van der Waals surface area contributed by atoms with Crippen LogP contribution in [0.4, 0.5) is 0 Å². The van der Waals surface area contributed by atoms with E-state index in [0.29, 0.717) is 6.42 Å². The van der Waals surface area contributed by atoms with Gasteiger partial charge < -0.3 is 9.84 Å². The number of hydrogen-bond donors (Lipinski definition) is 1. The molecule has 0 aromatic carbocycles. The lowest BCUT2D eigenvalue weighted by atomic mass is 10.3. The van der Waals surface area contributed by atoms with Crippen molar-refractivity contribution in [2.24, 2.45) is 0 Å². The molecule has 0 aliphatic heterocycles. The zero-order valence-electron chi connectivity index (χ0n) is 4.83. The Bertz CT molecular complexity index is 62.7. The number of hydrogen-bond acceptors (Lipinski definition) is 3. The number of aliphatic hydroxyl groups excluding tert-OH is 1. The molecule has 0 aromatic rings. The molecule has 0 bridgehead atoms. The lowest BCUT2D eigenvalue weighted by Crippen LogP contribution is -2.09. The molecule has 1 unspecified atom stereocenters. The minimum absolute atomic E-state index is 0.250. The summed E-state index contributed by atoms with van der Waals surface area (Å²) in [4.78, 5) is 9.51. The van der Waals surface area contributed by atoms with Crippen LogP contribution in [0.3, 0.4) is 0 Å². The molecule has 3 heteroatoms. The van der Waals surface area contributed by atoms with Gasteiger partial charge in [0.1, 0.15) is 0 Å². The van der Waals surface area contributed by atoms with Crippen LogP contribution in [-0.2, 0) is 9.53 Å². The fourth-order valence-corrected chi connectivity index (χ4v) is 0.379. The Morgan fingerprint density at radius 3 is 2.88 bits per heavy atom. The van der Waals surface area contributed by atoms with E-state index in [1.54, 1.807) is 0 Å². The van der Waals surface area contributed by atoms with Gasteiger partial charge in [-0.25, -0.2) is 0 Å². The summed E-state index contributed by atoms with van der Waals surface area (Å²) in [5, 5.41) is 8.60. The van der Waals surface area contributed by atoms with E-state index >= 15 is 0 Å². The number of ether oxygens (including phenoxy) is 1. The van der Waals surface area contributed by atoms with E-state index in [4.69, 9.17) is 5.11 Å². The van der Waals surface area contributed by atoms with Gasteiger partial charge in [-0.05, 0) is 0 Å². The van der Waals surface area contributed by atoms with Crippen LogP contribution in [0.15, 0.2) is 0 Å². The van der Waals surface area contributed by atoms with E-state index in [9.17, 15) is 4.79 Å². The van der Waals surface area contributed by atoms with Crippen LogP contribution in [-0.4, -0.2) is 17.9 Å². The molecule has 0 radical (unpaired) electrons. The molecule has 0 saturated heterocycles. The third-order valence-electron chi connectivity index (χ3n) is 0.748. The zero-order chi connectivity index (χ0) is 6.41. The monoisotopic (exact) mass is 118 g/mol. The van der Waals surface area contributed by atoms with Gasteiger partial charge in [0.15, 0.2) is 6.29 Å². The lowest BCUT2D eigenvalue weighted by Gasteiger charge is -2.03. The first-order chi connectivity index (χ1) is 3.81. The van der Waals surface area contributed by atoms with Crippen LogP contribution >= 0.6 is 0 Å². The third kappa shape index (κ3) is 3.61. The van der Waals surface area contributed by atoms with Crippen molar-refractivity contribution in [3.8, 4) is 0 Å². The molecule has 0 saturated carbocycles. The standard InChI is InChI=1S/C5H10O3/c1-2-3-5(7)8-4-6/h4-5,7H,2-3H2,1H3. The Morgan fingerprint density at radius 2 is 2.50 bits per heavy atom. The van der Waals surface area contributed by atoms with Crippen molar-refractivity contribution in [1.29, 1.82) is 0 Å². The Morgan fingerprint density at radius 1 is 1.88 bits per heavy atom. The highest BCUT2D eigenvalue weighted by atomic mass is 16.6. The van der Waals surface area contributed by atoms with Crippen LogP contribution in [0.2, 0.25) is 0 Å². The van der Waals surface area contributed by atoms with Gasteiger partial charge in [0, 0.05) is 6.42 Å². The largest absolute Gasteiger partial charge is 0.438 e. The number of carbonyl (C=O) groups is 1. The summed E-state index contributed by atoms with van der Waals surface area (Å²) in [5.41, 5.74) is 0. The molecular formula is C5H10O3. The molecule has 0 heterocycles. The molecule has 3 nitrogen and oxygen atoms in total. The minimum atomic E-state index is -0.905. The van der Waals surface area contributed by atoms with Gasteiger partial charge in [0.2, 0.25) is 0 Å². The maximum atomic E-state index is 9.51. The fraction of sp³-hybridized carbons (Fsp3) is 0.800. The second kappa shape index (κ2) is 4.59. The Balaban J connectivity index is 3.03. The quantitative estimate of drug-likeness (QED) is 0.426. The molecule has 1 N–H and O–H groups in total. The van der Waals surface area contributed by atoms with Crippen molar-refractivity contribution in [1.82, 2.24) is 0 Å². The predicted octanol–water partition coefficient (Wildman–Crippen LogP) is 0.278. The molecule has 0 fully saturated rings. The zero-order valence-corrected chi connectivity index (χ0v) is 4.83. The molecule has 1 atom stereocenters. The van der Waals surface area contributed by atoms with Crippen LogP contribution in [0.1, 0.15) is 19.8 Å². The van der Waals surface area contributed by atoms with E-state index in [-0.39, 0.29) is 6.47 Å². The van der Waals surface area contributed by atoms with Crippen molar-refractivity contribution in [2.45, 2.75) is 26.1 Å². The van der Waals surface area contributed by atoms with Crippen molar-refractivity contribution >= 4 is 6.47 Å². The number of rotatable bonds is 4. The van der Waals surface area contributed by atoms with Gasteiger partial charge in [0.05, 0.1) is 0 Å². The molecule has 0 aliphatic carbocycles.